The first-order chi connectivity index (χ1) is 17.5. The van der Waals surface area contributed by atoms with Gasteiger partial charge in [0.1, 0.15) is 39.3 Å². The first-order valence-electron chi connectivity index (χ1n) is 13.4. The molecular weight excluding hydrogens is 444 g/mol. The summed E-state index contributed by atoms with van der Waals surface area (Å²) >= 11 is 0. The van der Waals surface area contributed by atoms with Crippen molar-refractivity contribution in [2.24, 2.45) is 0 Å². The van der Waals surface area contributed by atoms with Crippen molar-refractivity contribution < 1.29 is 18.4 Å². The molecule has 4 heteroatoms. The van der Waals surface area contributed by atoms with Crippen LogP contribution in [0.3, 0.4) is 0 Å². The lowest BCUT2D eigenvalue weighted by atomic mass is 9.86. The number of hydrogen-bond acceptors (Lipinski definition) is 2. The number of nitrogens with zero attached hydrogens (tertiary/aromatic N) is 2. The number of quaternary nitrogens is 2. The van der Waals surface area contributed by atoms with Gasteiger partial charge in [-0.05, 0) is 32.7 Å². The van der Waals surface area contributed by atoms with Crippen molar-refractivity contribution >= 4 is 21.5 Å². The van der Waals surface area contributed by atoms with E-state index in [1.54, 1.807) is 0 Å². The zero-order chi connectivity index (χ0) is 24.6. The highest BCUT2D eigenvalue weighted by Gasteiger charge is 2.31. The van der Waals surface area contributed by atoms with Crippen molar-refractivity contribution in [1.82, 2.24) is 0 Å². The van der Waals surface area contributed by atoms with E-state index >= 15 is 0 Å². The minimum Gasteiger partial charge on any atom is -0.370 e. The third kappa shape index (κ3) is 4.55. The molecular formula is C32H38N2O2+2. The zero-order valence-corrected chi connectivity index (χ0v) is 21.7. The number of fused-ring (bicyclic) bond motifs is 2. The quantitative estimate of drug-likeness (QED) is 0.344. The summed E-state index contributed by atoms with van der Waals surface area (Å²) in [4.78, 5) is 0. The van der Waals surface area contributed by atoms with Gasteiger partial charge in [0.15, 0.2) is 0 Å². The third-order valence-corrected chi connectivity index (χ3v) is 8.49. The fraction of sp³-hybridized carbons (Fsp3) is 0.375. The number of hydrogen-bond donors (Lipinski definition) is 0. The fourth-order valence-electron chi connectivity index (χ4n) is 6.19. The zero-order valence-electron chi connectivity index (χ0n) is 21.7. The highest BCUT2D eigenvalue weighted by Crippen LogP contribution is 2.41. The highest BCUT2D eigenvalue weighted by atomic mass is 16.5. The Morgan fingerprint density at radius 3 is 1.33 bits per heavy atom. The van der Waals surface area contributed by atoms with Gasteiger partial charge >= 0.3 is 0 Å². The van der Waals surface area contributed by atoms with E-state index in [0.29, 0.717) is 0 Å². The second kappa shape index (κ2) is 9.60. The largest absolute Gasteiger partial charge is 0.370 e. The van der Waals surface area contributed by atoms with E-state index in [1.807, 2.05) is 0 Å². The Kier molecular flexibility index (Phi) is 6.30. The molecule has 0 unspecified atom stereocenters. The highest BCUT2D eigenvalue weighted by molar-refractivity contribution is 6.07. The molecule has 0 saturated carbocycles. The molecule has 2 saturated heterocycles. The van der Waals surface area contributed by atoms with Crippen LogP contribution >= 0.6 is 0 Å². The molecule has 6 rings (SSSR count). The van der Waals surface area contributed by atoms with Crippen LogP contribution in [0.25, 0.3) is 32.7 Å². The van der Waals surface area contributed by atoms with Crippen LogP contribution in [0.2, 0.25) is 0 Å². The maximum absolute atomic E-state index is 5.73. The first kappa shape index (κ1) is 23.6. The van der Waals surface area contributed by atoms with E-state index in [9.17, 15) is 0 Å². The van der Waals surface area contributed by atoms with E-state index in [0.717, 1.165) is 74.7 Å². The summed E-state index contributed by atoms with van der Waals surface area (Å²) in [7, 11) is 4.79. The molecule has 2 aliphatic rings. The predicted molar refractivity (Wildman–Crippen MR) is 148 cm³/mol. The molecule has 0 atom stereocenters. The van der Waals surface area contributed by atoms with Crippen LogP contribution < -0.4 is 0 Å². The lowest BCUT2D eigenvalue weighted by Gasteiger charge is -2.39. The number of ether oxygens (including phenoxy) is 2. The summed E-state index contributed by atoms with van der Waals surface area (Å²) in [5.74, 6) is 0. The fourth-order valence-corrected chi connectivity index (χ4v) is 6.19. The Bertz CT molecular complexity index is 1280. The van der Waals surface area contributed by atoms with Gasteiger partial charge in [-0.25, -0.2) is 0 Å². The van der Waals surface area contributed by atoms with Gasteiger partial charge in [-0.3, -0.25) is 0 Å². The van der Waals surface area contributed by atoms with Crippen LogP contribution in [0.5, 0.6) is 0 Å². The summed E-state index contributed by atoms with van der Waals surface area (Å²) < 4.78 is 13.5. The second-order valence-corrected chi connectivity index (χ2v) is 11.3. The molecule has 36 heavy (non-hydrogen) atoms. The Morgan fingerprint density at radius 1 is 0.528 bits per heavy atom. The Balaban J connectivity index is 1.59. The summed E-state index contributed by atoms with van der Waals surface area (Å²) in [5, 5.41) is 5.34. The van der Waals surface area contributed by atoms with Crippen LogP contribution in [0, 0.1) is 0 Å². The van der Waals surface area contributed by atoms with E-state index in [2.05, 4.69) is 86.9 Å². The molecule has 4 aromatic rings. The smallest absolute Gasteiger partial charge is 0.105 e. The van der Waals surface area contributed by atoms with Crippen molar-refractivity contribution in [3.63, 3.8) is 0 Å². The topological polar surface area (TPSA) is 18.5 Å². The first-order valence-corrected chi connectivity index (χ1v) is 13.4. The van der Waals surface area contributed by atoms with Crippen LogP contribution in [-0.4, -0.2) is 75.7 Å². The maximum atomic E-state index is 5.73. The minimum atomic E-state index is 0.844. The van der Waals surface area contributed by atoms with E-state index < -0.39 is 0 Å². The average molecular weight is 483 g/mol. The predicted octanol–water partition coefficient (Wildman–Crippen LogP) is 5.61. The number of morpholine rings is 2. The van der Waals surface area contributed by atoms with E-state index in [1.165, 1.54) is 43.8 Å². The van der Waals surface area contributed by atoms with Crippen LogP contribution in [0.4, 0.5) is 0 Å². The van der Waals surface area contributed by atoms with Gasteiger partial charge in [0.25, 0.3) is 0 Å². The van der Waals surface area contributed by atoms with Crippen LogP contribution in [0.1, 0.15) is 11.1 Å². The standard InChI is InChI=1S/C32H38N2O2/c1-33(15-19-35-20-16-33)23-27-13-11-25-7-3-5-9-29(25)31(27)32-28(24-34(2)17-21-36-22-18-34)14-12-26-8-4-6-10-30(26)32/h3-14H,15-24H2,1-2H3/q+2. The third-order valence-electron chi connectivity index (χ3n) is 8.49. The lowest BCUT2D eigenvalue weighted by molar-refractivity contribution is -0.929. The molecule has 0 amide bonds. The van der Waals surface area contributed by atoms with Crippen molar-refractivity contribution in [2.75, 3.05) is 66.7 Å². The van der Waals surface area contributed by atoms with Crippen LogP contribution in [0.15, 0.2) is 72.8 Å². The van der Waals surface area contributed by atoms with Gasteiger partial charge in [-0.15, -0.1) is 0 Å². The molecule has 0 radical (unpaired) electrons. The summed E-state index contributed by atoms with van der Waals surface area (Å²) in [5.41, 5.74) is 5.73. The molecule has 4 aromatic carbocycles. The molecule has 0 N–H and O–H groups in total. The molecule has 4 nitrogen and oxygen atoms in total. The number of rotatable bonds is 5. The summed E-state index contributed by atoms with van der Waals surface area (Å²) in [6, 6.07) is 27.3. The molecule has 2 aliphatic heterocycles. The maximum Gasteiger partial charge on any atom is 0.105 e. The molecule has 186 valence electrons. The molecule has 2 fully saturated rings. The van der Waals surface area contributed by atoms with Crippen molar-refractivity contribution in [1.29, 1.82) is 0 Å². The van der Waals surface area contributed by atoms with Gasteiger partial charge < -0.3 is 18.4 Å². The van der Waals surface area contributed by atoms with Gasteiger partial charge in [0.2, 0.25) is 0 Å². The minimum absolute atomic E-state index is 0.844. The monoisotopic (exact) mass is 482 g/mol. The van der Waals surface area contributed by atoms with Crippen LogP contribution in [-0.2, 0) is 22.6 Å². The number of benzene rings is 4. The van der Waals surface area contributed by atoms with Gasteiger partial charge in [-0.2, -0.15) is 0 Å². The van der Waals surface area contributed by atoms with E-state index in [4.69, 9.17) is 9.47 Å². The van der Waals surface area contributed by atoms with Gasteiger partial charge in [0, 0.05) is 11.1 Å². The summed E-state index contributed by atoms with van der Waals surface area (Å²) in [6.07, 6.45) is 0. The average Bonchev–Trinajstić information content (AvgIpc) is 2.89. The van der Waals surface area contributed by atoms with Gasteiger partial charge in [0.05, 0.1) is 40.5 Å². The molecule has 0 bridgehead atoms. The van der Waals surface area contributed by atoms with Crippen molar-refractivity contribution in [2.45, 2.75) is 13.1 Å². The van der Waals surface area contributed by atoms with Crippen molar-refractivity contribution in [3.8, 4) is 11.1 Å². The second-order valence-electron chi connectivity index (χ2n) is 11.3. The molecule has 2 heterocycles. The molecule has 0 aliphatic carbocycles. The molecule has 0 spiro atoms. The molecule has 0 aromatic heterocycles. The Labute approximate surface area is 214 Å². The van der Waals surface area contributed by atoms with E-state index in [-0.39, 0.29) is 0 Å². The van der Waals surface area contributed by atoms with Crippen molar-refractivity contribution in [3.05, 3.63) is 83.9 Å². The summed E-state index contributed by atoms with van der Waals surface area (Å²) in [6.45, 7) is 9.65. The lowest BCUT2D eigenvalue weighted by Crippen LogP contribution is -2.51. The van der Waals surface area contributed by atoms with Gasteiger partial charge in [-0.1, -0.05) is 72.8 Å². The SMILES string of the molecule is C[N+]1(Cc2ccc3ccccc3c2-c2c(C[N+]3(C)CCOCC3)ccc3ccccc23)CCOCC1. The Hall–Kier alpha value is -2.76. The normalized spacial score (nSPS) is 19.5. The number of likely N-dealkylation sites (N-methyl/N-ethyl adjacent to an activating group) is 2. The Morgan fingerprint density at radius 2 is 0.917 bits per heavy atom.